The Balaban J connectivity index is 2.64. The molecule has 0 aliphatic rings. The summed E-state index contributed by atoms with van der Waals surface area (Å²) >= 11 is 0. The molecule has 5 nitrogen and oxygen atoms in total. The molecule has 0 saturated heterocycles. The van der Waals surface area contributed by atoms with Gasteiger partial charge in [0.2, 0.25) is 0 Å². The van der Waals surface area contributed by atoms with Crippen molar-refractivity contribution >= 4 is 5.97 Å². The molecule has 0 saturated carbocycles. The summed E-state index contributed by atoms with van der Waals surface area (Å²) in [6.45, 7) is 2.91. The van der Waals surface area contributed by atoms with E-state index in [1.54, 1.807) is 6.07 Å². The molecule has 0 heterocycles. The van der Waals surface area contributed by atoms with E-state index >= 15 is 0 Å². The minimum Gasteiger partial charge on any atom is -0.494 e. The fourth-order valence-corrected chi connectivity index (χ4v) is 1.57. The number of carbonyl (C=O) groups is 1. The predicted molar refractivity (Wildman–Crippen MR) is 70.8 cm³/mol. The Morgan fingerprint density at radius 1 is 1.58 bits per heavy atom. The number of carboxylic acids is 1. The lowest BCUT2D eigenvalue weighted by Crippen LogP contribution is -2.23. The van der Waals surface area contributed by atoms with Crippen molar-refractivity contribution in [3.05, 3.63) is 29.8 Å². The highest BCUT2D eigenvalue weighted by Crippen LogP contribution is 2.19. The third-order valence-corrected chi connectivity index (χ3v) is 2.48. The lowest BCUT2D eigenvalue weighted by atomic mass is 10.1. The first kappa shape index (κ1) is 15.0. The molecular weight excluding hydrogens is 244 g/mol. The van der Waals surface area contributed by atoms with Crippen LogP contribution in [0.15, 0.2) is 24.3 Å². The second kappa shape index (κ2) is 8.11. The predicted octanol–water partition coefficient (Wildman–Crippen LogP) is 2.10. The zero-order valence-corrected chi connectivity index (χ0v) is 10.9. The number of hydrogen-bond donors (Lipinski definition) is 2. The smallest absolute Gasteiger partial charge is 0.304 e. The molecular formula is C14H18N2O3. The molecule has 0 aliphatic heterocycles. The van der Waals surface area contributed by atoms with Crippen LogP contribution in [0.2, 0.25) is 0 Å². The van der Waals surface area contributed by atoms with E-state index in [4.69, 9.17) is 15.1 Å². The standard InChI is InChI=1S/C14H18N2O3/c1-2-8-19-12-5-3-4-11(9-12)13(10-15)16-7-6-14(17)18/h3-5,9,13,16H,2,6-8H2,1H3,(H,17,18). The van der Waals surface area contributed by atoms with E-state index in [-0.39, 0.29) is 13.0 Å². The number of carboxylic acid groups (broad SMARTS) is 1. The Morgan fingerprint density at radius 3 is 3.00 bits per heavy atom. The van der Waals surface area contributed by atoms with Crippen molar-refractivity contribution in [3.8, 4) is 11.8 Å². The van der Waals surface area contributed by atoms with Crippen molar-refractivity contribution in [1.82, 2.24) is 5.32 Å². The van der Waals surface area contributed by atoms with Crippen molar-refractivity contribution in [1.29, 1.82) is 5.26 Å². The summed E-state index contributed by atoms with van der Waals surface area (Å²) in [5, 5.41) is 20.6. The first-order valence-corrected chi connectivity index (χ1v) is 6.25. The minimum absolute atomic E-state index is 0.00972. The number of nitrogens with one attached hydrogen (secondary N) is 1. The number of nitriles is 1. The van der Waals surface area contributed by atoms with Gasteiger partial charge < -0.3 is 9.84 Å². The van der Waals surface area contributed by atoms with Crippen LogP contribution in [0.5, 0.6) is 5.75 Å². The largest absolute Gasteiger partial charge is 0.494 e. The third-order valence-electron chi connectivity index (χ3n) is 2.48. The Morgan fingerprint density at radius 2 is 2.37 bits per heavy atom. The molecule has 0 aromatic heterocycles. The van der Waals surface area contributed by atoms with Gasteiger partial charge in [0.1, 0.15) is 11.8 Å². The van der Waals surface area contributed by atoms with Crippen molar-refractivity contribution in [2.45, 2.75) is 25.8 Å². The molecule has 102 valence electrons. The van der Waals surface area contributed by atoms with Gasteiger partial charge in [0.15, 0.2) is 0 Å². The molecule has 0 aliphatic carbocycles. The molecule has 1 atom stereocenters. The molecule has 5 heteroatoms. The number of hydrogen-bond acceptors (Lipinski definition) is 4. The lowest BCUT2D eigenvalue weighted by Gasteiger charge is -2.12. The fourth-order valence-electron chi connectivity index (χ4n) is 1.57. The Hall–Kier alpha value is -2.06. The zero-order valence-electron chi connectivity index (χ0n) is 10.9. The van der Waals surface area contributed by atoms with E-state index in [9.17, 15) is 4.79 Å². The number of nitrogens with zero attached hydrogens (tertiary/aromatic N) is 1. The van der Waals surface area contributed by atoms with Crippen LogP contribution in [0.4, 0.5) is 0 Å². The van der Waals surface area contributed by atoms with E-state index in [0.29, 0.717) is 6.61 Å². The van der Waals surface area contributed by atoms with Crippen LogP contribution in [0, 0.1) is 11.3 Å². The second-order valence-corrected chi connectivity index (χ2v) is 4.08. The van der Waals surface area contributed by atoms with Crippen molar-refractivity contribution in [3.63, 3.8) is 0 Å². The Labute approximate surface area is 112 Å². The van der Waals surface area contributed by atoms with Crippen LogP contribution in [-0.4, -0.2) is 24.2 Å². The summed E-state index contributed by atoms with van der Waals surface area (Å²) < 4.78 is 5.50. The quantitative estimate of drug-likeness (QED) is 0.749. The van der Waals surface area contributed by atoms with Gasteiger partial charge in [-0.2, -0.15) is 5.26 Å². The second-order valence-electron chi connectivity index (χ2n) is 4.08. The van der Waals surface area contributed by atoms with E-state index in [1.807, 2.05) is 25.1 Å². The summed E-state index contributed by atoms with van der Waals surface area (Å²) in [4.78, 5) is 10.4. The lowest BCUT2D eigenvalue weighted by molar-refractivity contribution is -0.136. The van der Waals surface area contributed by atoms with Gasteiger partial charge in [-0.1, -0.05) is 19.1 Å². The molecule has 0 radical (unpaired) electrons. The highest BCUT2D eigenvalue weighted by atomic mass is 16.5. The maximum Gasteiger partial charge on any atom is 0.304 e. The Kier molecular flexibility index (Phi) is 6.41. The van der Waals surface area contributed by atoms with E-state index in [0.717, 1.165) is 17.7 Å². The molecule has 1 aromatic rings. The molecule has 2 N–H and O–H groups in total. The van der Waals surface area contributed by atoms with Gasteiger partial charge in [-0.15, -0.1) is 0 Å². The summed E-state index contributed by atoms with van der Waals surface area (Å²) in [6, 6.07) is 8.88. The normalized spacial score (nSPS) is 11.6. The number of ether oxygens (including phenoxy) is 1. The van der Waals surface area contributed by atoms with E-state index in [2.05, 4.69) is 11.4 Å². The summed E-state index contributed by atoms with van der Waals surface area (Å²) in [5.41, 5.74) is 0.779. The van der Waals surface area contributed by atoms with Crippen LogP contribution < -0.4 is 10.1 Å². The molecule has 19 heavy (non-hydrogen) atoms. The van der Waals surface area contributed by atoms with Gasteiger partial charge in [0, 0.05) is 6.54 Å². The third kappa shape index (κ3) is 5.40. The highest BCUT2D eigenvalue weighted by Gasteiger charge is 2.11. The molecule has 1 aromatic carbocycles. The van der Waals surface area contributed by atoms with E-state index < -0.39 is 12.0 Å². The Bertz CT molecular complexity index is 454. The van der Waals surface area contributed by atoms with Gasteiger partial charge in [-0.25, -0.2) is 0 Å². The fraction of sp³-hybridized carbons (Fsp3) is 0.429. The average Bonchev–Trinajstić information content (AvgIpc) is 2.41. The van der Waals surface area contributed by atoms with Crippen molar-refractivity contribution in [2.75, 3.05) is 13.2 Å². The van der Waals surface area contributed by atoms with E-state index in [1.165, 1.54) is 0 Å². The van der Waals surface area contributed by atoms with Crippen LogP contribution in [0.1, 0.15) is 31.4 Å². The van der Waals surface area contributed by atoms with Crippen molar-refractivity contribution < 1.29 is 14.6 Å². The van der Waals surface area contributed by atoms with Crippen LogP contribution in [0.25, 0.3) is 0 Å². The topological polar surface area (TPSA) is 82.3 Å². The summed E-state index contributed by atoms with van der Waals surface area (Å²) in [6.07, 6.45) is 0.910. The zero-order chi connectivity index (χ0) is 14.1. The number of aliphatic carboxylic acids is 1. The minimum atomic E-state index is -0.885. The van der Waals surface area contributed by atoms with Crippen LogP contribution in [0.3, 0.4) is 0 Å². The highest BCUT2D eigenvalue weighted by molar-refractivity contribution is 5.66. The van der Waals surface area contributed by atoms with Crippen LogP contribution in [-0.2, 0) is 4.79 Å². The first-order valence-electron chi connectivity index (χ1n) is 6.25. The number of benzene rings is 1. The van der Waals surface area contributed by atoms with Gasteiger partial charge in [-0.3, -0.25) is 10.1 Å². The van der Waals surface area contributed by atoms with Gasteiger partial charge in [0.05, 0.1) is 19.1 Å². The average molecular weight is 262 g/mol. The SMILES string of the molecule is CCCOc1cccc(C(C#N)NCCC(=O)O)c1. The molecule has 1 unspecified atom stereocenters. The monoisotopic (exact) mass is 262 g/mol. The molecule has 0 amide bonds. The molecule has 0 bridgehead atoms. The summed E-state index contributed by atoms with van der Waals surface area (Å²) in [7, 11) is 0. The molecule has 1 rings (SSSR count). The molecule has 0 fully saturated rings. The summed E-state index contributed by atoms with van der Waals surface area (Å²) in [5.74, 6) is -0.163. The van der Waals surface area contributed by atoms with Gasteiger partial charge in [-0.05, 0) is 24.1 Å². The molecule has 0 spiro atoms. The number of rotatable bonds is 8. The van der Waals surface area contributed by atoms with Gasteiger partial charge in [0.25, 0.3) is 0 Å². The maximum absolute atomic E-state index is 10.4. The first-order chi connectivity index (χ1) is 9.17. The van der Waals surface area contributed by atoms with Crippen LogP contribution >= 0.6 is 0 Å². The maximum atomic E-state index is 10.4. The van der Waals surface area contributed by atoms with Gasteiger partial charge >= 0.3 is 5.97 Å². The van der Waals surface area contributed by atoms with Crippen molar-refractivity contribution in [2.24, 2.45) is 0 Å².